The first-order valence-corrected chi connectivity index (χ1v) is 3.45. The summed E-state index contributed by atoms with van der Waals surface area (Å²) in [5.41, 5.74) is 6.02. The van der Waals surface area contributed by atoms with Crippen molar-refractivity contribution < 1.29 is 0 Å². The predicted molar refractivity (Wildman–Crippen MR) is 48.8 cm³/mol. The third-order valence-electron chi connectivity index (χ3n) is 0.940. The Morgan fingerprint density at radius 1 is 1.27 bits per heavy atom. The van der Waals surface area contributed by atoms with Gasteiger partial charge in [0.2, 0.25) is 0 Å². The molecule has 3 N–H and O–H groups in total. The van der Waals surface area contributed by atoms with Gasteiger partial charge in [-0.15, -0.1) is 0 Å². The minimum absolute atomic E-state index is 0.167. The quantitative estimate of drug-likeness (QED) is 0.431. The van der Waals surface area contributed by atoms with Crippen LogP contribution in [0.1, 0.15) is 12.5 Å². The Balaban J connectivity index is 0.000000218. The summed E-state index contributed by atoms with van der Waals surface area (Å²) < 4.78 is 0. The lowest BCUT2D eigenvalue weighted by Crippen LogP contribution is -2.00. The molecular formula is C9H14N2. The second-order valence-corrected chi connectivity index (χ2v) is 2.34. The van der Waals surface area contributed by atoms with Crippen LogP contribution in [0.15, 0.2) is 30.3 Å². The first-order valence-electron chi connectivity index (χ1n) is 3.45. The number of nitrogens with two attached hydrogens (primary N) is 1. The molecule has 0 atom stereocenters. The highest BCUT2D eigenvalue weighted by Gasteiger charge is 1.72. The topological polar surface area (TPSA) is 49.9 Å². The molecule has 0 aliphatic rings. The Kier molecular flexibility index (Phi) is 4.82. The summed E-state index contributed by atoms with van der Waals surface area (Å²) in [5, 5.41) is 6.28. The van der Waals surface area contributed by atoms with E-state index in [1.165, 1.54) is 12.5 Å². The van der Waals surface area contributed by atoms with Crippen molar-refractivity contribution in [3.63, 3.8) is 0 Å². The van der Waals surface area contributed by atoms with Crippen LogP contribution in [0.2, 0.25) is 0 Å². The molecule has 11 heavy (non-hydrogen) atoms. The van der Waals surface area contributed by atoms with Crippen LogP contribution in [0.3, 0.4) is 0 Å². The molecule has 1 aromatic rings. The van der Waals surface area contributed by atoms with Gasteiger partial charge in [-0.1, -0.05) is 35.9 Å². The van der Waals surface area contributed by atoms with Crippen molar-refractivity contribution in [3.05, 3.63) is 35.9 Å². The van der Waals surface area contributed by atoms with Crippen LogP contribution in [-0.4, -0.2) is 5.84 Å². The normalized spacial score (nSPS) is 7.82. The van der Waals surface area contributed by atoms with Crippen LogP contribution in [-0.2, 0) is 0 Å². The average molecular weight is 150 g/mol. The SMILES string of the molecule is CC(=N)N.Cc1ccccc1. The van der Waals surface area contributed by atoms with E-state index in [0.29, 0.717) is 0 Å². The van der Waals surface area contributed by atoms with Crippen LogP contribution in [0.25, 0.3) is 0 Å². The number of hydrogen-bond acceptors (Lipinski definition) is 1. The zero-order valence-corrected chi connectivity index (χ0v) is 6.96. The summed E-state index contributed by atoms with van der Waals surface area (Å²) in [6, 6.07) is 10.3. The standard InChI is InChI=1S/C7H8.C2H6N2/c1-7-5-3-2-4-6-7;1-2(3)4/h2-6H,1H3;1H3,(H3,3,4). The fourth-order valence-electron chi connectivity index (χ4n) is 0.534. The zero-order valence-electron chi connectivity index (χ0n) is 6.96. The molecule has 0 fully saturated rings. The summed E-state index contributed by atoms with van der Waals surface area (Å²) in [6.45, 7) is 3.61. The first-order chi connectivity index (χ1) is 5.13. The minimum Gasteiger partial charge on any atom is -0.388 e. The van der Waals surface area contributed by atoms with E-state index in [9.17, 15) is 0 Å². The van der Waals surface area contributed by atoms with E-state index >= 15 is 0 Å². The number of hydrogen-bond donors (Lipinski definition) is 2. The summed E-state index contributed by atoms with van der Waals surface area (Å²) in [7, 11) is 0. The minimum atomic E-state index is 0.167. The van der Waals surface area contributed by atoms with Gasteiger partial charge in [-0.2, -0.15) is 0 Å². The van der Waals surface area contributed by atoms with Crippen molar-refractivity contribution >= 4 is 5.84 Å². The molecule has 0 aromatic heterocycles. The highest BCUT2D eigenvalue weighted by molar-refractivity contribution is 5.73. The maximum Gasteiger partial charge on any atom is 0.0873 e. The van der Waals surface area contributed by atoms with Crippen molar-refractivity contribution in [2.75, 3.05) is 0 Å². The zero-order chi connectivity index (χ0) is 8.69. The van der Waals surface area contributed by atoms with Gasteiger partial charge in [-0.05, 0) is 13.8 Å². The van der Waals surface area contributed by atoms with Gasteiger partial charge in [0.05, 0.1) is 5.84 Å². The van der Waals surface area contributed by atoms with Crippen molar-refractivity contribution in [2.45, 2.75) is 13.8 Å². The number of rotatable bonds is 0. The van der Waals surface area contributed by atoms with Crippen LogP contribution in [0.5, 0.6) is 0 Å². The lowest BCUT2D eigenvalue weighted by Gasteiger charge is -1.82. The van der Waals surface area contributed by atoms with E-state index in [0.717, 1.165) is 0 Å². The Labute approximate surface area is 67.6 Å². The maximum absolute atomic E-state index is 6.28. The smallest absolute Gasteiger partial charge is 0.0873 e. The number of benzene rings is 1. The average Bonchev–Trinajstić information content (AvgIpc) is 1.87. The molecule has 0 radical (unpaired) electrons. The molecule has 0 saturated carbocycles. The molecule has 0 heterocycles. The first kappa shape index (κ1) is 9.69. The molecule has 0 unspecified atom stereocenters. The lowest BCUT2D eigenvalue weighted by molar-refractivity contribution is 1.42. The molecular weight excluding hydrogens is 136 g/mol. The van der Waals surface area contributed by atoms with E-state index < -0.39 is 0 Å². The molecule has 1 aromatic carbocycles. The monoisotopic (exact) mass is 150 g/mol. The van der Waals surface area contributed by atoms with Gasteiger partial charge in [0, 0.05) is 0 Å². The second-order valence-electron chi connectivity index (χ2n) is 2.34. The third-order valence-corrected chi connectivity index (χ3v) is 0.940. The molecule has 2 heteroatoms. The van der Waals surface area contributed by atoms with Crippen LogP contribution in [0.4, 0.5) is 0 Å². The Morgan fingerprint density at radius 3 is 1.82 bits per heavy atom. The van der Waals surface area contributed by atoms with Gasteiger partial charge >= 0.3 is 0 Å². The fraction of sp³-hybridized carbons (Fsp3) is 0.222. The Hall–Kier alpha value is -1.31. The molecule has 2 nitrogen and oxygen atoms in total. The molecule has 0 aliphatic carbocycles. The van der Waals surface area contributed by atoms with Crippen molar-refractivity contribution in [3.8, 4) is 0 Å². The third kappa shape index (κ3) is 8.69. The second kappa shape index (κ2) is 5.47. The molecule has 60 valence electrons. The van der Waals surface area contributed by atoms with E-state index in [-0.39, 0.29) is 5.84 Å². The Bertz CT molecular complexity index is 200. The summed E-state index contributed by atoms with van der Waals surface area (Å²) in [4.78, 5) is 0. The molecule has 0 aliphatic heterocycles. The summed E-state index contributed by atoms with van der Waals surface area (Å²) in [5.74, 6) is 0.167. The van der Waals surface area contributed by atoms with Crippen LogP contribution < -0.4 is 5.73 Å². The van der Waals surface area contributed by atoms with E-state index in [2.05, 4.69) is 19.1 Å². The predicted octanol–water partition coefficient (Wildman–Crippen LogP) is 1.94. The van der Waals surface area contributed by atoms with Gasteiger partial charge < -0.3 is 5.73 Å². The van der Waals surface area contributed by atoms with E-state index in [4.69, 9.17) is 11.1 Å². The van der Waals surface area contributed by atoms with Gasteiger partial charge in [-0.25, -0.2) is 0 Å². The van der Waals surface area contributed by atoms with Gasteiger partial charge in [0.1, 0.15) is 0 Å². The van der Waals surface area contributed by atoms with Crippen molar-refractivity contribution in [2.24, 2.45) is 5.73 Å². The van der Waals surface area contributed by atoms with E-state index in [1.54, 1.807) is 0 Å². The highest BCUT2D eigenvalue weighted by Crippen LogP contribution is 1.92. The summed E-state index contributed by atoms with van der Waals surface area (Å²) in [6.07, 6.45) is 0. The van der Waals surface area contributed by atoms with Crippen molar-refractivity contribution in [1.82, 2.24) is 0 Å². The van der Waals surface area contributed by atoms with Crippen molar-refractivity contribution in [1.29, 1.82) is 5.41 Å². The lowest BCUT2D eigenvalue weighted by atomic mass is 10.2. The molecule has 0 bridgehead atoms. The Morgan fingerprint density at radius 2 is 1.64 bits per heavy atom. The molecule has 0 amide bonds. The maximum atomic E-state index is 6.28. The number of aryl methyl sites for hydroxylation is 1. The molecule has 0 spiro atoms. The van der Waals surface area contributed by atoms with Crippen LogP contribution >= 0.6 is 0 Å². The molecule has 1 rings (SSSR count). The number of nitrogens with one attached hydrogen (secondary N) is 1. The van der Waals surface area contributed by atoms with Gasteiger partial charge in [0.15, 0.2) is 0 Å². The van der Waals surface area contributed by atoms with Crippen LogP contribution in [0, 0.1) is 12.3 Å². The number of amidine groups is 1. The molecule has 0 saturated heterocycles. The van der Waals surface area contributed by atoms with Gasteiger partial charge in [0.25, 0.3) is 0 Å². The van der Waals surface area contributed by atoms with E-state index in [1.807, 2.05) is 18.2 Å². The summed E-state index contributed by atoms with van der Waals surface area (Å²) >= 11 is 0. The fourth-order valence-corrected chi connectivity index (χ4v) is 0.534. The van der Waals surface area contributed by atoms with Gasteiger partial charge in [-0.3, -0.25) is 5.41 Å². The highest BCUT2D eigenvalue weighted by atomic mass is 14.7. The largest absolute Gasteiger partial charge is 0.388 e.